The lowest BCUT2D eigenvalue weighted by Gasteiger charge is -2.10. The smallest absolute Gasteiger partial charge is 0.261 e. The summed E-state index contributed by atoms with van der Waals surface area (Å²) in [4.78, 5) is 11.8. The molecule has 0 heterocycles. The molecule has 1 amide bonds. The molecule has 0 radical (unpaired) electrons. The van der Waals surface area contributed by atoms with Crippen molar-refractivity contribution in [3.8, 4) is 0 Å². The van der Waals surface area contributed by atoms with Gasteiger partial charge in [-0.1, -0.05) is 18.5 Å². The second kappa shape index (κ2) is 8.89. The van der Waals surface area contributed by atoms with Gasteiger partial charge < -0.3 is 5.32 Å². The van der Waals surface area contributed by atoms with E-state index < -0.39 is 31.6 Å². The molecule has 11 heteroatoms. The van der Waals surface area contributed by atoms with Gasteiger partial charge in [0.15, 0.2) is 9.84 Å². The topological polar surface area (TPSA) is 109 Å². The van der Waals surface area contributed by atoms with Crippen molar-refractivity contribution >= 4 is 43.1 Å². The fourth-order valence-corrected chi connectivity index (χ4v) is 4.15. The highest BCUT2D eigenvalue weighted by atomic mass is 35.5. The molecule has 7 nitrogen and oxygen atoms in total. The molecule has 2 aromatic rings. The van der Waals surface area contributed by atoms with Crippen molar-refractivity contribution in [3.05, 3.63) is 58.9 Å². The van der Waals surface area contributed by atoms with Crippen LogP contribution in [0, 0.1) is 5.82 Å². The number of halogens is 2. The molecule has 0 unspecified atom stereocenters. The van der Waals surface area contributed by atoms with Crippen molar-refractivity contribution in [2.45, 2.75) is 11.8 Å². The van der Waals surface area contributed by atoms with Gasteiger partial charge in [0.05, 0.1) is 15.7 Å². The van der Waals surface area contributed by atoms with Crippen molar-refractivity contribution in [2.24, 2.45) is 0 Å². The molecule has 2 N–H and O–H groups in total. The van der Waals surface area contributed by atoms with Crippen molar-refractivity contribution in [1.29, 1.82) is 0 Å². The summed E-state index contributed by atoms with van der Waals surface area (Å²) in [5.41, 5.74) is 0.423. The van der Waals surface area contributed by atoms with Crippen molar-refractivity contribution in [1.82, 2.24) is 5.32 Å². The molecule has 0 aliphatic carbocycles. The van der Waals surface area contributed by atoms with Gasteiger partial charge in [-0.25, -0.2) is 21.2 Å². The summed E-state index contributed by atoms with van der Waals surface area (Å²) in [5, 5.41) is 2.17. The van der Waals surface area contributed by atoms with E-state index in [1.165, 1.54) is 31.2 Å². The predicted octanol–water partition coefficient (Wildman–Crippen LogP) is 2.44. The molecule has 152 valence electrons. The number of nitrogens with one attached hydrogen (secondary N) is 2. The molecule has 0 saturated carbocycles. The Balaban J connectivity index is 2.03. The maximum absolute atomic E-state index is 13.2. The number of rotatable bonds is 8. The number of hydrogen-bond acceptors (Lipinski definition) is 5. The maximum Gasteiger partial charge on any atom is 0.261 e. The van der Waals surface area contributed by atoms with E-state index in [-0.39, 0.29) is 39.2 Å². The third-order valence-electron chi connectivity index (χ3n) is 3.74. The largest absolute Gasteiger partial charge is 0.351 e. The van der Waals surface area contributed by atoms with E-state index in [0.29, 0.717) is 0 Å². The first kappa shape index (κ1) is 22.1. The molecule has 0 aliphatic heterocycles. The molecule has 2 rings (SSSR count). The number of amides is 1. The van der Waals surface area contributed by atoms with E-state index >= 15 is 0 Å². The Morgan fingerprint density at radius 3 is 2.29 bits per heavy atom. The fourth-order valence-electron chi connectivity index (χ4n) is 2.11. The van der Waals surface area contributed by atoms with Crippen LogP contribution in [0.4, 0.5) is 10.1 Å². The molecule has 28 heavy (non-hydrogen) atoms. The van der Waals surface area contributed by atoms with Gasteiger partial charge in [0.2, 0.25) is 0 Å². The molecular weight excluding hydrogens is 431 g/mol. The van der Waals surface area contributed by atoms with E-state index in [2.05, 4.69) is 10.0 Å². The van der Waals surface area contributed by atoms with Gasteiger partial charge in [-0.15, -0.1) is 0 Å². The van der Waals surface area contributed by atoms with Crippen LogP contribution in [-0.2, 0) is 19.9 Å². The van der Waals surface area contributed by atoms with Gasteiger partial charge in [0.25, 0.3) is 15.9 Å². The Hall–Kier alpha value is -2.17. The summed E-state index contributed by atoms with van der Waals surface area (Å²) in [7, 11) is -7.17. The van der Waals surface area contributed by atoms with E-state index in [9.17, 15) is 26.0 Å². The van der Waals surface area contributed by atoms with Crippen LogP contribution in [0.25, 0.3) is 0 Å². The second-order valence-corrected chi connectivity index (χ2v) is 10.3. The van der Waals surface area contributed by atoms with Crippen molar-refractivity contribution in [3.63, 3.8) is 0 Å². The minimum atomic E-state index is -3.99. The van der Waals surface area contributed by atoms with E-state index in [4.69, 9.17) is 11.6 Å². The first-order chi connectivity index (χ1) is 13.0. The van der Waals surface area contributed by atoms with Crippen LogP contribution in [0.3, 0.4) is 0 Å². The zero-order chi connectivity index (χ0) is 20.9. The van der Waals surface area contributed by atoms with Gasteiger partial charge in [-0.3, -0.25) is 9.52 Å². The fraction of sp³-hybridized carbons (Fsp3) is 0.235. The first-order valence-electron chi connectivity index (χ1n) is 8.10. The Morgan fingerprint density at radius 1 is 1.07 bits per heavy atom. The van der Waals surface area contributed by atoms with Crippen molar-refractivity contribution < 1.29 is 26.0 Å². The van der Waals surface area contributed by atoms with Gasteiger partial charge >= 0.3 is 0 Å². The zero-order valence-corrected chi connectivity index (χ0v) is 17.2. The second-order valence-electron chi connectivity index (χ2n) is 5.75. The normalized spacial score (nSPS) is 11.8. The van der Waals surface area contributed by atoms with Crippen LogP contribution < -0.4 is 10.0 Å². The number of anilines is 1. The lowest BCUT2D eigenvalue weighted by Crippen LogP contribution is -2.29. The minimum Gasteiger partial charge on any atom is -0.351 e. The van der Waals surface area contributed by atoms with Gasteiger partial charge in [0.1, 0.15) is 5.82 Å². The SMILES string of the molecule is CCS(=O)(=O)CCNC(=O)c1ccc(NS(=O)(=O)c2ccc(F)c(Cl)c2)cc1. The Kier molecular flexibility index (Phi) is 7.02. The van der Waals surface area contributed by atoms with Crippen LogP contribution in [-0.4, -0.2) is 40.8 Å². The summed E-state index contributed by atoms with van der Waals surface area (Å²) < 4.78 is 62.9. The van der Waals surface area contributed by atoms with Crippen LogP contribution in [0.15, 0.2) is 47.4 Å². The van der Waals surface area contributed by atoms with E-state index in [1.807, 2.05) is 0 Å². The zero-order valence-electron chi connectivity index (χ0n) is 14.8. The Labute approximate surface area is 167 Å². The average molecular weight is 449 g/mol. The molecule has 0 saturated heterocycles. The monoisotopic (exact) mass is 448 g/mol. The summed E-state index contributed by atoms with van der Waals surface area (Å²) in [5.74, 6) is -1.38. The van der Waals surface area contributed by atoms with E-state index in [1.54, 1.807) is 0 Å². The molecular formula is C17H18ClFN2O5S2. The molecule has 0 bridgehead atoms. The lowest BCUT2D eigenvalue weighted by atomic mass is 10.2. The number of sulfone groups is 1. The lowest BCUT2D eigenvalue weighted by molar-refractivity contribution is 0.0956. The van der Waals surface area contributed by atoms with Gasteiger partial charge in [-0.05, 0) is 42.5 Å². The number of carbonyl (C=O) groups excluding carboxylic acids is 1. The number of hydrogen-bond donors (Lipinski definition) is 2. The highest BCUT2D eigenvalue weighted by Crippen LogP contribution is 2.22. The highest BCUT2D eigenvalue weighted by Gasteiger charge is 2.16. The number of sulfonamides is 1. The average Bonchev–Trinajstić information content (AvgIpc) is 2.64. The number of benzene rings is 2. The summed E-state index contributed by atoms with van der Waals surface area (Å²) in [6, 6.07) is 8.54. The molecule has 0 aliphatic rings. The third-order valence-corrected chi connectivity index (χ3v) is 7.11. The van der Waals surface area contributed by atoms with Crippen LogP contribution >= 0.6 is 11.6 Å². The molecule has 2 aromatic carbocycles. The third kappa shape index (κ3) is 5.91. The first-order valence-corrected chi connectivity index (χ1v) is 11.8. The predicted molar refractivity (Wildman–Crippen MR) is 105 cm³/mol. The molecule has 0 spiro atoms. The molecule has 0 aromatic heterocycles. The summed E-state index contributed by atoms with van der Waals surface area (Å²) >= 11 is 5.61. The Bertz CT molecular complexity index is 1070. The van der Waals surface area contributed by atoms with E-state index in [0.717, 1.165) is 18.2 Å². The van der Waals surface area contributed by atoms with Crippen LogP contribution in [0.2, 0.25) is 5.02 Å². The standard InChI is InChI=1S/C17H18ClFN2O5S2/c1-2-27(23,24)10-9-20-17(22)12-3-5-13(6-4-12)21-28(25,26)14-7-8-16(19)15(18)11-14/h3-8,11,21H,2,9-10H2,1H3,(H,20,22). The molecule has 0 atom stereocenters. The van der Waals surface area contributed by atoms with Gasteiger partial charge in [-0.2, -0.15) is 0 Å². The summed E-state index contributed by atoms with van der Waals surface area (Å²) in [6.45, 7) is 1.51. The minimum absolute atomic E-state index is 0.00300. The quantitative estimate of drug-likeness (QED) is 0.644. The number of carbonyl (C=O) groups is 1. The Morgan fingerprint density at radius 2 is 1.71 bits per heavy atom. The summed E-state index contributed by atoms with van der Waals surface area (Å²) in [6.07, 6.45) is 0. The maximum atomic E-state index is 13.2. The van der Waals surface area contributed by atoms with Gasteiger partial charge in [0, 0.05) is 23.5 Å². The highest BCUT2D eigenvalue weighted by molar-refractivity contribution is 7.92. The van der Waals surface area contributed by atoms with Crippen LogP contribution in [0.1, 0.15) is 17.3 Å². The van der Waals surface area contributed by atoms with Crippen LogP contribution in [0.5, 0.6) is 0 Å². The van der Waals surface area contributed by atoms with Crippen molar-refractivity contribution in [2.75, 3.05) is 22.8 Å². The molecule has 0 fully saturated rings.